The summed E-state index contributed by atoms with van der Waals surface area (Å²) in [4.78, 5) is 31.0. The van der Waals surface area contributed by atoms with E-state index in [1.165, 1.54) is 19.2 Å². The molecule has 0 unspecified atom stereocenters. The van der Waals surface area contributed by atoms with Gasteiger partial charge in [-0.05, 0) is 69.0 Å². The Kier molecular flexibility index (Phi) is 7.22. The summed E-state index contributed by atoms with van der Waals surface area (Å²) in [5.74, 6) is 0.485. The molecule has 3 heterocycles. The van der Waals surface area contributed by atoms with Crippen LogP contribution < -0.4 is 20.5 Å². The maximum atomic E-state index is 13.4. The van der Waals surface area contributed by atoms with Crippen LogP contribution in [0, 0.1) is 25.6 Å². The number of hydrogen-bond donors (Lipinski definition) is 2. The van der Waals surface area contributed by atoms with E-state index in [-0.39, 0.29) is 23.8 Å². The molecule has 0 spiro atoms. The van der Waals surface area contributed by atoms with E-state index in [9.17, 15) is 14.0 Å². The number of aromatic nitrogens is 2. The SMILES string of the molecule is COc1cc(C)[nH]c(=O)c1CNC(=O)c1c(C)n(CC2CCN(c3ccc(F)cc3)CC2)c2ccccc12. The van der Waals surface area contributed by atoms with Crippen LogP contribution in [0.15, 0.2) is 59.4 Å². The molecule has 0 radical (unpaired) electrons. The predicted octanol–water partition coefficient (Wildman–Crippen LogP) is 4.94. The Labute approximate surface area is 221 Å². The third-order valence-corrected chi connectivity index (χ3v) is 7.58. The molecule has 0 bridgehead atoms. The van der Waals surface area contributed by atoms with Crippen molar-refractivity contribution < 1.29 is 13.9 Å². The van der Waals surface area contributed by atoms with E-state index < -0.39 is 0 Å². The minimum Gasteiger partial charge on any atom is -0.496 e. The van der Waals surface area contributed by atoms with Crippen LogP contribution in [0.2, 0.25) is 0 Å². The first-order valence-electron chi connectivity index (χ1n) is 13.0. The van der Waals surface area contributed by atoms with Crippen LogP contribution in [0.1, 0.15) is 40.2 Å². The van der Waals surface area contributed by atoms with Crippen molar-refractivity contribution in [1.29, 1.82) is 0 Å². The lowest BCUT2D eigenvalue weighted by Gasteiger charge is -2.34. The molecule has 1 fully saturated rings. The Hall–Kier alpha value is -4.07. The number of methoxy groups -OCH3 is 1. The fourth-order valence-corrected chi connectivity index (χ4v) is 5.53. The van der Waals surface area contributed by atoms with Crippen LogP contribution in [-0.2, 0) is 13.1 Å². The first kappa shape index (κ1) is 25.6. The van der Waals surface area contributed by atoms with Crippen LogP contribution in [0.4, 0.5) is 10.1 Å². The molecule has 0 atom stereocenters. The van der Waals surface area contributed by atoms with Gasteiger partial charge in [0.1, 0.15) is 11.6 Å². The summed E-state index contributed by atoms with van der Waals surface area (Å²) in [6.07, 6.45) is 2.03. The number of benzene rings is 2. The number of para-hydroxylation sites is 1. The van der Waals surface area contributed by atoms with Gasteiger partial charge in [-0.1, -0.05) is 18.2 Å². The summed E-state index contributed by atoms with van der Waals surface area (Å²) in [6, 6.07) is 16.4. The molecule has 4 aromatic rings. The van der Waals surface area contributed by atoms with Gasteiger partial charge in [0.25, 0.3) is 11.5 Å². The van der Waals surface area contributed by atoms with Crippen molar-refractivity contribution in [3.63, 3.8) is 0 Å². The van der Waals surface area contributed by atoms with Crippen molar-refractivity contribution >= 4 is 22.5 Å². The molecular formula is C30H33FN4O3. The average Bonchev–Trinajstić information content (AvgIpc) is 3.19. The Morgan fingerprint density at radius 3 is 2.53 bits per heavy atom. The average molecular weight is 517 g/mol. The first-order valence-corrected chi connectivity index (χ1v) is 13.0. The predicted molar refractivity (Wildman–Crippen MR) is 148 cm³/mol. The van der Waals surface area contributed by atoms with Crippen molar-refractivity contribution in [2.24, 2.45) is 5.92 Å². The lowest BCUT2D eigenvalue weighted by atomic mass is 9.96. The van der Waals surface area contributed by atoms with Gasteiger partial charge < -0.3 is 24.5 Å². The molecule has 198 valence electrons. The largest absolute Gasteiger partial charge is 0.496 e. The Morgan fingerprint density at radius 2 is 1.82 bits per heavy atom. The number of ether oxygens (including phenoxy) is 1. The number of H-pyrrole nitrogens is 1. The number of nitrogens with one attached hydrogen (secondary N) is 2. The molecule has 0 aliphatic carbocycles. The summed E-state index contributed by atoms with van der Waals surface area (Å²) >= 11 is 0. The molecule has 1 aliphatic rings. The molecular weight excluding hydrogens is 483 g/mol. The Balaban J connectivity index is 1.33. The Bertz CT molecular complexity index is 1520. The zero-order valence-electron chi connectivity index (χ0n) is 22.0. The molecule has 1 aliphatic heterocycles. The zero-order chi connectivity index (χ0) is 26.8. The second-order valence-corrected chi connectivity index (χ2v) is 10.0. The molecule has 38 heavy (non-hydrogen) atoms. The van der Waals surface area contributed by atoms with Crippen molar-refractivity contribution in [2.75, 3.05) is 25.1 Å². The minimum atomic E-state index is -0.270. The van der Waals surface area contributed by atoms with Gasteiger partial charge in [0, 0.05) is 47.6 Å². The molecule has 2 N–H and O–H groups in total. The van der Waals surface area contributed by atoms with Gasteiger partial charge in [-0.15, -0.1) is 0 Å². The summed E-state index contributed by atoms with van der Waals surface area (Å²) in [7, 11) is 1.52. The van der Waals surface area contributed by atoms with Crippen molar-refractivity contribution in [2.45, 2.75) is 39.8 Å². The lowest BCUT2D eigenvalue weighted by molar-refractivity contribution is 0.0951. The standard InChI is InChI=1S/C30H33FN4O3/c1-19-16-27(38-3)25(29(36)33-19)17-32-30(37)28-20(2)35(26-7-5-4-6-24(26)28)18-21-12-14-34(15-13-21)23-10-8-22(31)9-11-23/h4-11,16,21H,12-15,17-18H2,1-3H3,(H,32,37)(H,33,36). The molecule has 7 nitrogen and oxygen atoms in total. The quantitative estimate of drug-likeness (QED) is 0.365. The molecule has 5 rings (SSSR count). The second kappa shape index (κ2) is 10.7. The smallest absolute Gasteiger partial charge is 0.256 e. The number of carbonyl (C=O) groups is 1. The number of aromatic amines is 1. The van der Waals surface area contributed by atoms with Crippen LogP contribution in [-0.4, -0.2) is 35.7 Å². The lowest BCUT2D eigenvalue weighted by Crippen LogP contribution is -2.35. The number of pyridine rings is 1. The number of anilines is 1. The van der Waals surface area contributed by atoms with E-state index in [1.807, 2.05) is 37.3 Å². The normalized spacial score (nSPS) is 14.2. The summed E-state index contributed by atoms with van der Waals surface area (Å²) in [5, 5.41) is 3.84. The Morgan fingerprint density at radius 1 is 1.11 bits per heavy atom. The maximum Gasteiger partial charge on any atom is 0.256 e. The van der Waals surface area contributed by atoms with Gasteiger partial charge in [0.2, 0.25) is 0 Å². The molecule has 1 amide bonds. The van der Waals surface area contributed by atoms with Crippen molar-refractivity contribution in [1.82, 2.24) is 14.9 Å². The fourth-order valence-electron chi connectivity index (χ4n) is 5.53. The van der Waals surface area contributed by atoms with Crippen LogP contribution in [0.25, 0.3) is 10.9 Å². The number of carbonyl (C=O) groups excluding carboxylic acids is 1. The van der Waals surface area contributed by atoms with Gasteiger partial charge in [-0.2, -0.15) is 0 Å². The monoisotopic (exact) mass is 516 g/mol. The number of halogens is 1. The summed E-state index contributed by atoms with van der Waals surface area (Å²) < 4.78 is 20.9. The molecule has 0 saturated carbocycles. The molecule has 1 saturated heterocycles. The highest BCUT2D eigenvalue weighted by molar-refractivity contribution is 6.08. The van der Waals surface area contributed by atoms with Gasteiger partial charge in [-0.3, -0.25) is 9.59 Å². The van der Waals surface area contributed by atoms with Crippen LogP contribution in [0.3, 0.4) is 0 Å². The number of hydrogen-bond acceptors (Lipinski definition) is 4. The second-order valence-electron chi connectivity index (χ2n) is 10.0. The molecule has 8 heteroatoms. The highest BCUT2D eigenvalue weighted by Crippen LogP contribution is 2.30. The number of nitrogens with zero attached hydrogens (tertiary/aromatic N) is 2. The number of amides is 1. The van der Waals surface area contributed by atoms with Gasteiger partial charge in [0.05, 0.1) is 24.8 Å². The minimum absolute atomic E-state index is 0.0679. The fraction of sp³-hybridized carbons (Fsp3) is 0.333. The number of fused-ring (bicyclic) bond motifs is 1. The summed E-state index contributed by atoms with van der Waals surface area (Å²) in [6.45, 7) is 6.49. The first-order chi connectivity index (χ1) is 18.4. The van der Waals surface area contributed by atoms with Crippen molar-refractivity contribution in [3.05, 3.63) is 93.3 Å². The highest BCUT2D eigenvalue weighted by atomic mass is 19.1. The van der Waals surface area contributed by atoms with E-state index in [4.69, 9.17) is 4.74 Å². The number of piperidine rings is 1. The third-order valence-electron chi connectivity index (χ3n) is 7.58. The molecule has 2 aromatic carbocycles. The van der Waals surface area contributed by atoms with E-state index in [0.29, 0.717) is 28.5 Å². The van der Waals surface area contributed by atoms with Crippen LogP contribution in [0.5, 0.6) is 5.75 Å². The maximum absolute atomic E-state index is 13.4. The van der Waals surface area contributed by atoms with E-state index >= 15 is 0 Å². The summed E-state index contributed by atoms with van der Waals surface area (Å²) in [5.41, 5.74) is 4.44. The number of aryl methyl sites for hydroxylation is 1. The number of rotatable bonds is 7. The third kappa shape index (κ3) is 5.03. The zero-order valence-corrected chi connectivity index (χ0v) is 22.0. The topological polar surface area (TPSA) is 79.4 Å². The van der Waals surface area contributed by atoms with Gasteiger partial charge >= 0.3 is 0 Å². The van der Waals surface area contributed by atoms with E-state index in [1.54, 1.807) is 13.0 Å². The van der Waals surface area contributed by atoms with E-state index in [0.717, 1.165) is 54.8 Å². The van der Waals surface area contributed by atoms with Gasteiger partial charge in [-0.25, -0.2) is 4.39 Å². The van der Waals surface area contributed by atoms with Crippen molar-refractivity contribution in [3.8, 4) is 5.75 Å². The van der Waals surface area contributed by atoms with Gasteiger partial charge in [0.15, 0.2) is 0 Å². The molecule has 2 aromatic heterocycles. The highest BCUT2D eigenvalue weighted by Gasteiger charge is 2.25. The van der Waals surface area contributed by atoms with E-state index in [2.05, 4.69) is 25.8 Å². The van der Waals surface area contributed by atoms with Crippen LogP contribution >= 0.6 is 0 Å².